The first kappa shape index (κ1) is 19.0. The van der Waals surface area contributed by atoms with Gasteiger partial charge in [0, 0.05) is 9.79 Å². The largest absolute Gasteiger partial charge is 0.492 e. The standard InChI is InChI=1S/C19H23NO4S/c1-19(2,3)24-18(21)20-13-14-23-15-9-11-17(12-10-15)25(22)16-7-5-4-6-8-16/h4-12H,13-14H2,1-3H3,(H,20,21). The quantitative estimate of drug-likeness (QED) is 0.796. The van der Waals surface area contributed by atoms with Crippen molar-refractivity contribution in [3.8, 4) is 5.75 Å². The summed E-state index contributed by atoms with van der Waals surface area (Å²) in [4.78, 5) is 13.0. The molecular formula is C19H23NO4S. The van der Waals surface area contributed by atoms with Crippen LogP contribution in [0.5, 0.6) is 5.75 Å². The van der Waals surface area contributed by atoms with Crippen LogP contribution in [0.2, 0.25) is 0 Å². The zero-order valence-corrected chi connectivity index (χ0v) is 15.5. The lowest BCUT2D eigenvalue weighted by atomic mass is 10.2. The van der Waals surface area contributed by atoms with E-state index in [0.29, 0.717) is 23.8 Å². The highest BCUT2D eigenvalue weighted by atomic mass is 32.2. The van der Waals surface area contributed by atoms with Gasteiger partial charge in [-0.25, -0.2) is 9.00 Å². The predicted molar refractivity (Wildman–Crippen MR) is 97.3 cm³/mol. The minimum absolute atomic E-state index is 0.320. The molecule has 0 saturated heterocycles. The summed E-state index contributed by atoms with van der Waals surface area (Å²) < 4.78 is 23.1. The Morgan fingerprint density at radius 2 is 1.60 bits per heavy atom. The molecule has 0 aromatic heterocycles. The minimum Gasteiger partial charge on any atom is -0.492 e. The summed E-state index contributed by atoms with van der Waals surface area (Å²) in [5, 5.41) is 2.63. The number of benzene rings is 2. The molecule has 0 radical (unpaired) electrons. The van der Waals surface area contributed by atoms with Crippen LogP contribution in [0, 0.1) is 0 Å². The van der Waals surface area contributed by atoms with Gasteiger partial charge in [-0.1, -0.05) is 18.2 Å². The van der Waals surface area contributed by atoms with Gasteiger partial charge in [-0.3, -0.25) is 0 Å². The molecule has 134 valence electrons. The van der Waals surface area contributed by atoms with E-state index >= 15 is 0 Å². The molecule has 1 N–H and O–H groups in total. The van der Waals surface area contributed by atoms with E-state index < -0.39 is 22.5 Å². The van der Waals surface area contributed by atoms with E-state index in [2.05, 4.69) is 5.32 Å². The fourth-order valence-electron chi connectivity index (χ4n) is 1.98. The lowest BCUT2D eigenvalue weighted by molar-refractivity contribution is 0.0520. The van der Waals surface area contributed by atoms with Crippen LogP contribution in [0.15, 0.2) is 64.4 Å². The Morgan fingerprint density at radius 3 is 2.20 bits per heavy atom. The number of nitrogens with one attached hydrogen (secondary N) is 1. The first-order valence-electron chi connectivity index (χ1n) is 8.02. The summed E-state index contributed by atoms with van der Waals surface area (Å²) in [5.41, 5.74) is -0.519. The summed E-state index contributed by atoms with van der Waals surface area (Å²) >= 11 is 0. The van der Waals surface area contributed by atoms with Crippen LogP contribution < -0.4 is 10.1 Å². The molecule has 2 aromatic rings. The van der Waals surface area contributed by atoms with Crippen LogP contribution in [0.1, 0.15) is 20.8 Å². The van der Waals surface area contributed by atoms with E-state index in [1.54, 1.807) is 24.3 Å². The fourth-order valence-corrected chi connectivity index (χ4v) is 3.04. The first-order chi connectivity index (χ1) is 11.8. The molecule has 5 nitrogen and oxygen atoms in total. The van der Waals surface area contributed by atoms with E-state index in [4.69, 9.17) is 9.47 Å². The van der Waals surface area contributed by atoms with Crippen molar-refractivity contribution in [1.29, 1.82) is 0 Å². The number of ether oxygens (including phenoxy) is 2. The van der Waals surface area contributed by atoms with E-state index in [1.807, 2.05) is 51.1 Å². The molecule has 0 spiro atoms. The Balaban J connectivity index is 1.79. The second-order valence-electron chi connectivity index (χ2n) is 6.33. The Hall–Kier alpha value is -2.34. The number of hydrogen-bond donors (Lipinski definition) is 1. The maximum absolute atomic E-state index is 12.4. The molecule has 1 amide bonds. The molecule has 0 heterocycles. The molecule has 0 bridgehead atoms. The summed E-state index contributed by atoms with van der Waals surface area (Å²) in [5.74, 6) is 0.653. The summed E-state index contributed by atoms with van der Waals surface area (Å²) in [6.07, 6.45) is -0.468. The molecule has 0 aliphatic heterocycles. The van der Waals surface area contributed by atoms with Crippen LogP contribution in [0.25, 0.3) is 0 Å². The van der Waals surface area contributed by atoms with E-state index in [1.165, 1.54) is 0 Å². The molecule has 0 fully saturated rings. The number of alkyl carbamates (subject to hydrolysis) is 1. The average Bonchev–Trinajstić information content (AvgIpc) is 2.58. The van der Waals surface area contributed by atoms with Crippen molar-refractivity contribution >= 4 is 16.9 Å². The Labute approximate surface area is 150 Å². The van der Waals surface area contributed by atoms with Crippen LogP contribution >= 0.6 is 0 Å². The number of carbonyl (C=O) groups excluding carboxylic acids is 1. The van der Waals surface area contributed by atoms with Gasteiger partial charge in [0.15, 0.2) is 0 Å². The fraction of sp³-hybridized carbons (Fsp3) is 0.316. The van der Waals surface area contributed by atoms with Gasteiger partial charge in [-0.2, -0.15) is 0 Å². The van der Waals surface area contributed by atoms with Crippen LogP contribution in [-0.4, -0.2) is 29.1 Å². The van der Waals surface area contributed by atoms with Crippen molar-refractivity contribution in [2.24, 2.45) is 0 Å². The zero-order chi connectivity index (χ0) is 18.3. The second kappa shape index (κ2) is 8.67. The second-order valence-corrected chi connectivity index (χ2v) is 7.81. The Kier molecular flexibility index (Phi) is 6.58. The van der Waals surface area contributed by atoms with Crippen molar-refractivity contribution in [2.45, 2.75) is 36.2 Å². The molecule has 0 aliphatic rings. The average molecular weight is 361 g/mol. The Morgan fingerprint density at radius 1 is 1.00 bits per heavy atom. The number of rotatable bonds is 6. The number of carbonyl (C=O) groups is 1. The van der Waals surface area contributed by atoms with Crippen molar-refractivity contribution in [3.05, 3.63) is 54.6 Å². The van der Waals surface area contributed by atoms with Crippen LogP contribution in [0.4, 0.5) is 4.79 Å². The maximum Gasteiger partial charge on any atom is 0.407 e. The lowest BCUT2D eigenvalue weighted by Gasteiger charge is -2.19. The van der Waals surface area contributed by atoms with Gasteiger partial charge >= 0.3 is 6.09 Å². The molecule has 1 atom stereocenters. The molecule has 2 aromatic carbocycles. The van der Waals surface area contributed by atoms with E-state index in [0.717, 1.165) is 4.90 Å². The van der Waals surface area contributed by atoms with Crippen molar-refractivity contribution in [3.63, 3.8) is 0 Å². The third-order valence-electron chi connectivity index (χ3n) is 3.03. The molecule has 25 heavy (non-hydrogen) atoms. The zero-order valence-electron chi connectivity index (χ0n) is 14.7. The van der Waals surface area contributed by atoms with Gasteiger partial charge < -0.3 is 14.8 Å². The molecule has 1 unspecified atom stereocenters. The minimum atomic E-state index is -1.21. The SMILES string of the molecule is CC(C)(C)OC(=O)NCCOc1ccc(S(=O)c2ccccc2)cc1. The molecule has 2 rings (SSSR count). The predicted octanol–water partition coefficient (Wildman–Crippen LogP) is 3.76. The summed E-state index contributed by atoms with van der Waals surface area (Å²) in [6, 6.07) is 16.4. The number of amides is 1. The van der Waals surface area contributed by atoms with Crippen LogP contribution in [-0.2, 0) is 15.5 Å². The summed E-state index contributed by atoms with van der Waals surface area (Å²) in [7, 11) is -1.21. The normalized spacial score (nSPS) is 12.3. The third-order valence-corrected chi connectivity index (χ3v) is 4.43. The lowest BCUT2D eigenvalue weighted by Crippen LogP contribution is -2.34. The van der Waals surface area contributed by atoms with Crippen molar-refractivity contribution in [1.82, 2.24) is 5.32 Å². The van der Waals surface area contributed by atoms with Crippen molar-refractivity contribution in [2.75, 3.05) is 13.2 Å². The molecule has 6 heteroatoms. The van der Waals surface area contributed by atoms with Gasteiger partial charge in [-0.05, 0) is 57.2 Å². The molecular weight excluding hydrogens is 338 g/mol. The molecule has 0 saturated carbocycles. The highest BCUT2D eigenvalue weighted by molar-refractivity contribution is 7.85. The van der Waals surface area contributed by atoms with E-state index in [-0.39, 0.29) is 0 Å². The first-order valence-corrected chi connectivity index (χ1v) is 9.17. The van der Waals surface area contributed by atoms with Gasteiger partial charge in [0.2, 0.25) is 0 Å². The summed E-state index contributed by atoms with van der Waals surface area (Å²) in [6.45, 7) is 6.09. The van der Waals surface area contributed by atoms with Gasteiger partial charge in [-0.15, -0.1) is 0 Å². The topological polar surface area (TPSA) is 64.6 Å². The monoisotopic (exact) mass is 361 g/mol. The van der Waals surface area contributed by atoms with E-state index in [9.17, 15) is 9.00 Å². The molecule has 0 aliphatic carbocycles. The van der Waals surface area contributed by atoms with Crippen molar-refractivity contribution < 1.29 is 18.5 Å². The maximum atomic E-state index is 12.4. The third kappa shape index (κ3) is 6.58. The van der Waals surface area contributed by atoms with Gasteiger partial charge in [0.05, 0.1) is 17.3 Å². The smallest absolute Gasteiger partial charge is 0.407 e. The number of hydrogen-bond acceptors (Lipinski definition) is 4. The highest BCUT2D eigenvalue weighted by Crippen LogP contribution is 2.19. The van der Waals surface area contributed by atoms with Gasteiger partial charge in [0.1, 0.15) is 18.0 Å². The van der Waals surface area contributed by atoms with Crippen LogP contribution in [0.3, 0.4) is 0 Å². The van der Waals surface area contributed by atoms with Gasteiger partial charge in [0.25, 0.3) is 0 Å². The highest BCUT2D eigenvalue weighted by Gasteiger charge is 2.15. The Bertz CT molecular complexity index is 708.